The van der Waals surface area contributed by atoms with E-state index in [1.807, 2.05) is 18.2 Å². The second-order valence-electron chi connectivity index (χ2n) is 7.38. The van der Waals surface area contributed by atoms with Gasteiger partial charge in [0.25, 0.3) is 5.91 Å². The Kier molecular flexibility index (Phi) is 6.28. The Bertz CT molecular complexity index is 682. The van der Waals surface area contributed by atoms with E-state index in [1.54, 1.807) is 18.5 Å². The number of aromatic nitrogens is 1. The van der Waals surface area contributed by atoms with Crippen LogP contribution in [0.4, 0.5) is 5.82 Å². The lowest BCUT2D eigenvalue weighted by Gasteiger charge is -2.18. The van der Waals surface area contributed by atoms with E-state index in [4.69, 9.17) is 4.42 Å². The van der Waals surface area contributed by atoms with E-state index in [9.17, 15) is 4.79 Å². The highest BCUT2D eigenvalue weighted by Gasteiger charge is 2.23. The molecular weight excluding hydrogens is 328 g/mol. The van der Waals surface area contributed by atoms with Crippen LogP contribution in [0.1, 0.15) is 36.4 Å². The first-order chi connectivity index (χ1) is 12.6. The Morgan fingerprint density at radius 1 is 1.38 bits per heavy atom. The van der Waals surface area contributed by atoms with Crippen LogP contribution in [0, 0.1) is 11.8 Å². The van der Waals surface area contributed by atoms with Crippen LogP contribution in [-0.2, 0) is 6.54 Å². The lowest BCUT2D eigenvalue weighted by Crippen LogP contribution is -2.31. The van der Waals surface area contributed by atoms with E-state index in [1.165, 1.54) is 0 Å². The van der Waals surface area contributed by atoms with Crippen LogP contribution in [0.2, 0.25) is 0 Å². The zero-order valence-corrected chi connectivity index (χ0v) is 15.6. The predicted molar refractivity (Wildman–Crippen MR) is 102 cm³/mol. The van der Waals surface area contributed by atoms with Gasteiger partial charge in [-0.1, -0.05) is 13.8 Å². The van der Waals surface area contributed by atoms with E-state index >= 15 is 0 Å². The van der Waals surface area contributed by atoms with E-state index in [0.29, 0.717) is 23.9 Å². The molecule has 3 heterocycles. The van der Waals surface area contributed by atoms with Crippen LogP contribution in [0.15, 0.2) is 41.1 Å². The number of pyridine rings is 1. The number of rotatable bonds is 8. The fourth-order valence-electron chi connectivity index (χ4n) is 3.32. The number of anilines is 1. The maximum atomic E-state index is 12.3. The van der Waals surface area contributed by atoms with Crippen molar-refractivity contribution in [3.63, 3.8) is 0 Å². The van der Waals surface area contributed by atoms with Crippen LogP contribution in [0.25, 0.3) is 0 Å². The standard InChI is InChI=1S/C20H28N4O2/c1-15(2)13-24-8-7-16(14-24)10-23-20(25)17-5-6-19(21-11-17)22-12-18-4-3-9-26-18/h3-6,9,11,15-16H,7-8,10,12-14H2,1-2H3,(H,21,22)(H,23,25)/t16-/m0/s1. The van der Waals surface area contributed by atoms with Crippen molar-refractivity contribution in [2.24, 2.45) is 11.8 Å². The second kappa shape index (κ2) is 8.85. The number of hydrogen-bond acceptors (Lipinski definition) is 5. The minimum absolute atomic E-state index is 0.0580. The van der Waals surface area contributed by atoms with Gasteiger partial charge in [-0.05, 0) is 49.1 Å². The SMILES string of the molecule is CC(C)CN1CC[C@@H](CNC(=O)c2ccc(NCc3ccco3)nc2)C1. The highest BCUT2D eigenvalue weighted by molar-refractivity contribution is 5.94. The number of carbonyl (C=O) groups is 1. The summed E-state index contributed by atoms with van der Waals surface area (Å²) in [6, 6.07) is 7.37. The van der Waals surface area contributed by atoms with Crippen molar-refractivity contribution >= 4 is 11.7 Å². The topological polar surface area (TPSA) is 70.4 Å². The molecule has 1 fully saturated rings. The molecule has 2 N–H and O–H groups in total. The normalized spacial score (nSPS) is 17.6. The van der Waals surface area contributed by atoms with E-state index in [2.05, 4.69) is 34.4 Å². The van der Waals surface area contributed by atoms with Crippen molar-refractivity contribution in [3.8, 4) is 0 Å². The van der Waals surface area contributed by atoms with Gasteiger partial charge in [0.15, 0.2) is 0 Å². The summed E-state index contributed by atoms with van der Waals surface area (Å²) in [7, 11) is 0. The number of furan rings is 1. The summed E-state index contributed by atoms with van der Waals surface area (Å²) < 4.78 is 5.27. The summed E-state index contributed by atoms with van der Waals surface area (Å²) in [4.78, 5) is 19.1. The fourth-order valence-corrected chi connectivity index (χ4v) is 3.32. The van der Waals surface area contributed by atoms with Crippen molar-refractivity contribution in [2.75, 3.05) is 31.5 Å². The Labute approximate surface area is 155 Å². The van der Waals surface area contributed by atoms with Gasteiger partial charge in [-0.3, -0.25) is 4.79 Å². The second-order valence-corrected chi connectivity index (χ2v) is 7.38. The third-order valence-electron chi connectivity index (χ3n) is 4.59. The molecule has 0 bridgehead atoms. The van der Waals surface area contributed by atoms with Crippen molar-refractivity contribution in [3.05, 3.63) is 48.0 Å². The highest BCUT2D eigenvalue weighted by atomic mass is 16.3. The van der Waals surface area contributed by atoms with Crippen molar-refractivity contribution in [1.29, 1.82) is 0 Å². The number of amides is 1. The quantitative estimate of drug-likeness (QED) is 0.761. The predicted octanol–water partition coefficient (Wildman–Crippen LogP) is 2.99. The number of hydrogen-bond donors (Lipinski definition) is 2. The lowest BCUT2D eigenvalue weighted by atomic mass is 10.1. The average Bonchev–Trinajstić information content (AvgIpc) is 3.30. The molecule has 1 amide bonds. The molecule has 140 valence electrons. The third kappa shape index (κ3) is 5.33. The first-order valence-corrected chi connectivity index (χ1v) is 9.33. The molecule has 0 spiro atoms. The smallest absolute Gasteiger partial charge is 0.252 e. The van der Waals surface area contributed by atoms with Gasteiger partial charge in [-0.15, -0.1) is 0 Å². The van der Waals surface area contributed by atoms with Crippen molar-refractivity contribution in [2.45, 2.75) is 26.8 Å². The summed E-state index contributed by atoms with van der Waals surface area (Å²) in [6.07, 6.45) is 4.41. The summed E-state index contributed by atoms with van der Waals surface area (Å²) >= 11 is 0. The monoisotopic (exact) mass is 356 g/mol. The molecule has 2 aromatic heterocycles. The summed E-state index contributed by atoms with van der Waals surface area (Å²) in [6.45, 7) is 9.14. The number of carbonyl (C=O) groups excluding carboxylic acids is 1. The van der Waals surface area contributed by atoms with E-state index < -0.39 is 0 Å². The van der Waals surface area contributed by atoms with Crippen LogP contribution in [0.3, 0.4) is 0 Å². The zero-order valence-electron chi connectivity index (χ0n) is 15.6. The van der Waals surface area contributed by atoms with Gasteiger partial charge in [0.2, 0.25) is 0 Å². The van der Waals surface area contributed by atoms with Gasteiger partial charge in [0.05, 0.1) is 18.4 Å². The molecule has 1 aliphatic heterocycles. The molecule has 0 aliphatic carbocycles. The first kappa shape index (κ1) is 18.5. The number of nitrogens with one attached hydrogen (secondary N) is 2. The van der Waals surface area contributed by atoms with E-state index in [-0.39, 0.29) is 5.91 Å². The minimum atomic E-state index is -0.0580. The molecule has 0 saturated carbocycles. The summed E-state index contributed by atoms with van der Waals surface area (Å²) in [5, 5.41) is 6.22. The minimum Gasteiger partial charge on any atom is -0.467 e. The molecule has 0 unspecified atom stereocenters. The number of likely N-dealkylation sites (tertiary alicyclic amines) is 1. The first-order valence-electron chi connectivity index (χ1n) is 9.33. The molecule has 6 heteroatoms. The number of nitrogens with zero attached hydrogens (tertiary/aromatic N) is 2. The molecule has 0 aromatic carbocycles. The molecular formula is C20H28N4O2. The fraction of sp³-hybridized carbons (Fsp3) is 0.500. The van der Waals surface area contributed by atoms with E-state index in [0.717, 1.165) is 44.2 Å². The zero-order chi connectivity index (χ0) is 18.4. The molecule has 1 atom stereocenters. The Balaban J connectivity index is 1.42. The molecule has 1 saturated heterocycles. The van der Waals surface area contributed by atoms with Crippen LogP contribution in [0.5, 0.6) is 0 Å². The largest absolute Gasteiger partial charge is 0.467 e. The van der Waals surface area contributed by atoms with Gasteiger partial charge < -0.3 is 20.0 Å². The molecule has 6 nitrogen and oxygen atoms in total. The third-order valence-corrected chi connectivity index (χ3v) is 4.59. The van der Waals surface area contributed by atoms with Crippen LogP contribution < -0.4 is 10.6 Å². The Hall–Kier alpha value is -2.34. The Morgan fingerprint density at radius 2 is 2.27 bits per heavy atom. The summed E-state index contributed by atoms with van der Waals surface area (Å²) in [5.41, 5.74) is 0.589. The molecule has 1 aliphatic rings. The van der Waals surface area contributed by atoms with Crippen LogP contribution >= 0.6 is 0 Å². The maximum absolute atomic E-state index is 12.3. The average molecular weight is 356 g/mol. The summed E-state index contributed by atoms with van der Waals surface area (Å²) in [5.74, 6) is 2.74. The van der Waals surface area contributed by atoms with Crippen molar-refractivity contribution in [1.82, 2.24) is 15.2 Å². The van der Waals surface area contributed by atoms with Crippen LogP contribution in [-0.4, -0.2) is 42.0 Å². The highest BCUT2D eigenvalue weighted by Crippen LogP contribution is 2.17. The van der Waals surface area contributed by atoms with Gasteiger partial charge >= 0.3 is 0 Å². The molecule has 3 rings (SSSR count). The van der Waals surface area contributed by atoms with Gasteiger partial charge in [-0.25, -0.2) is 4.98 Å². The van der Waals surface area contributed by atoms with Crippen molar-refractivity contribution < 1.29 is 9.21 Å². The molecule has 26 heavy (non-hydrogen) atoms. The lowest BCUT2D eigenvalue weighted by molar-refractivity contribution is 0.0947. The molecule has 0 radical (unpaired) electrons. The van der Waals surface area contributed by atoms with Gasteiger partial charge in [0, 0.05) is 25.8 Å². The maximum Gasteiger partial charge on any atom is 0.252 e. The van der Waals surface area contributed by atoms with Gasteiger partial charge in [-0.2, -0.15) is 0 Å². The Morgan fingerprint density at radius 3 is 2.96 bits per heavy atom. The molecule has 2 aromatic rings. The van der Waals surface area contributed by atoms with Gasteiger partial charge in [0.1, 0.15) is 11.6 Å².